The maximum Gasteiger partial charge on any atom is 0.291 e. The molecule has 13 heavy (non-hydrogen) atoms. The second-order valence-corrected chi connectivity index (χ2v) is 3.03. The molecule has 1 unspecified atom stereocenters. The molecule has 1 aromatic heterocycles. The number of H-pyrrole nitrogens is 1. The van der Waals surface area contributed by atoms with Crippen LogP contribution in [0.1, 0.15) is 36.7 Å². The highest BCUT2D eigenvalue weighted by atomic mass is 16.2. The van der Waals surface area contributed by atoms with Crippen LogP contribution in [0.5, 0.6) is 0 Å². The summed E-state index contributed by atoms with van der Waals surface area (Å²) in [4.78, 5) is 15.3. The van der Waals surface area contributed by atoms with Crippen LogP contribution in [-0.4, -0.2) is 27.1 Å². The molecule has 0 radical (unpaired) electrons. The third-order valence-corrected chi connectivity index (χ3v) is 1.79. The molecule has 0 aliphatic carbocycles. The van der Waals surface area contributed by atoms with Crippen molar-refractivity contribution in [3.8, 4) is 0 Å². The number of aryl methyl sites for hydroxylation is 1. The van der Waals surface area contributed by atoms with Crippen molar-refractivity contribution in [3.63, 3.8) is 0 Å². The van der Waals surface area contributed by atoms with Gasteiger partial charge in [0.1, 0.15) is 5.82 Å². The van der Waals surface area contributed by atoms with Crippen LogP contribution in [0.25, 0.3) is 0 Å². The zero-order chi connectivity index (χ0) is 9.84. The first-order valence-electron chi connectivity index (χ1n) is 4.33. The number of carbonyl (C=O) groups excluding carboxylic acids is 1. The van der Waals surface area contributed by atoms with Gasteiger partial charge in [0.25, 0.3) is 5.91 Å². The van der Waals surface area contributed by atoms with Gasteiger partial charge in [0.05, 0.1) is 0 Å². The summed E-state index contributed by atoms with van der Waals surface area (Å²) in [6.45, 7) is 5.71. The largest absolute Gasteiger partial charge is 0.347 e. The topological polar surface area (TPSA) is 70.7 Å². The molecule has 0 aromatic carbocycles. The van der Waals surface area contributed by atoms with Crippen molar-refractivity contribution < 1.29 is 4.79 Å². The van der Waals surface area contributed by atoms with Crippen LogP contribution in [0.3, 0.4) is 0 Å². The van der Waals surface area contributed by atoms with Gasteiger partial charge in [-0.3, -0.25) is 9.89 Å². The van der Waals surface area contributed by atoms with Crippen molar-refractivity contribution in [2.75, 3.05) is 0 Å². The fourth-order valence-electron chi connectivity index (χ4n) is 0.835. The molecule has 1 rings (SSSR count). The highest BCUT2D eigenvalue weighted by molar-refractivity contribution is 5.90. The molecular weight excluding hydrogens is 168 g/mol. The van der Waals surface area contributed by atoms with Gasteiger partial charge in [-0.2, -0.15) is 0 Å². The summed E-state index contributed by atoms with van der Waals surface area (Å²) in [5, 5.41) is 9.15. The van der Waals surface area contributed by atoms with E-state index in [1.807, 2.05) is 13.8 Å². The molecule has 0 spiro atoms. The Bertz CT molecular complexity index is 294. The van der Waals surface area contributed by atoms with Crippen LogP contribution in [0.2, 0.25) is 0 Å². The predicted octanol–water partition coefficient (Wildman–Crippen LogP) is 0.641. The van der Waals surface area contributed by atoms with Gasteiger partial charge < -0.3 is 5.32 Å². The number of nitrogens with one attached hydrogen (secondary N) is 2. The monoisotopic (exact) mass is 182 g/mol. The normalized spacial score (nSPS) is 12.5. The van der Waals surface area contributed by atoms with Crippen LogP contribution in [0.15, 0.2) is 0 Å². The summed E-state index contributed by atoms with van der Waals surface area (Å²) in [6, 6.07) is 0.159. The molecule has 1 aromatic rings. The van der Waals surface area contributed by atoms with Gasteiger partial charge in [0.15, 0.2) is 0 Å². The Kier molecular flexibility index (Phi) is 3.00. The van der Waals surface area contributed by atoms with E-state index in [9.17, 15) is 4.79 Å². The molecule has 5 heteroatoms. The van der Waals surface area contributed by atoms with Crippen molar-refractivity contribution >= 4 is 5.91 Å². The summed E-state index contributed by atoms with van der Waals surface area (Å²) < 4.78 is 0. The summed E-state index contributed by atoms with van der Waals surface area (Å²) in [6.07, 6.45) is 0.898. The summed E-state index contributed by atoms with van der Waals surface area (Å²) in [5.74, 6) is 0.630. The number of carbonyl (C=O) groups is 1. The van der Waals surface area contributed by atoms with Crippen LogP contribution in [-0.2, 0) is 0 Å². The van der Waals surface area contributed by atoms with Gasteiger partial charge in [-0.15, -0.1) is 5.10 Å². The average Bonchev–Trinajstić information content (AvgIpc) is 2.51. The Labute approximate surface area is 76.9 Å². The molecule has 0 saturated heterocycles. The van der Waals surface area contributed by atoms with E-state index in [-0.39, 0.29) is 17.8 Å². The smallest absolute Gasteiger partial charge is 0.291 e. The first-order valence-corrected chi connectivity index (χ1v) is 4.33. The minimum Gasteiger partial charge on any atom is -0.347 e. The number of hydrogen-bond acceptors (Lipinski definition) is 3. The molecule has 5 nitrogen and oxygen atoms in total. The molecule has 1 heterocycles. The first-order chi connectivity index (χ1) is 6.13. The second kappa shape index (κ2) is 4.02. The Morgan fingerprint density at radius 1 is 1.69 bits per heavy atom. The van der Waals surface area contributed by atoms with Crippen LogP contribution < -0.4 is 5.32 Å². The SMILES string of the molecule is CCC(C)NC(=O)c1n[nH]c(C)n1. The van der Waals surface area contributed by atoms with Gasteiger partial charge in [0, 0.05) is 6.04 Å². The lowest BCUT2D eigenvalue weighted by Gasteiger charge is -2.08. The molecule has 1 atom stereocenters. The molecule has 0 fully saturated rings. The number of nitrogens with zero attached hydrogens (tertiary/aromatic N) is 2. The minimum absolute atomic E-state index is 0.159. The summed E-state index contributed by atoms with van der Waals surface area (Å²) in [7, 11) is 0. The van der Waals surface area contributed by atoms with Crippen molar-refractivity contribution in [2.24, 2.45) is 0 Å². The van der Waals surface area contributed by atoms with Crippen molar-refractivity contribution in [2.45, 2.75) is 33.2 Å². The molecule has 1 amide bonds. The molecule has 0 aliphatic rings. The van der Waals surface area contributed by atoms with Gasteiger partial charge in [0.2, 0.25) is 5.82 Å². The number of aromatic nitrogens is 3. The van der Waals surface area contributed by atoms with E-state index in [0.29, 0.717) is 5.82 Å². The van der Waals surface area contributed by atoms with Gasteiger partial charge in [-0.05, 0) is 20.3 Å². The number of aromatic amines is 1. The minimum atomic E-state index is -0.223. The zero-order valence-electron chi connectivity index (χ0n) is 8.09. The Morgan fingerprint density at radius 3 is 2.85 bits per heavy atom. The summed E-state index contributed by atoms with van der Waals surface area (Å²) >= 11 is 0. The van der Waals surface area contributed by atoms with E-state index in [0.717, 1.165) is 6.42 Å². The van der Waals surface area contributed by atoms with E-state index in [2.05, 4.69) is 20.5 Å². The first kappa shape index (κ1) is 9.70. The fraction of sp³-hybridized carbons (Fsp3) is 0.625. The van der Waals surface area contributed by atoms with Crippen molar-refractivity contribution in [3.05, 3.63) is 11.6 Å². The molecule has 0 aliphatic heterocycles. The van der Waals surface area contributed by atoms with Crippen molar-refractivity contribution in [1.29, 1.82) is 0 Å². The average molecular weight is 182 g/mol. The number of rotatable bonds is 3. The third-order valence-electron chi connectivity index (χ3n) is 1.79. The van der Waals surface area contributed by atoms with E-state index in [1.54, 1.807) is 6.92 Å². The third kappa shape index (κ3) is 2.54. The Morgan fingerprint density at radius 2 is 2.38 bits per heavy atom. The van der Waals surface area contributed by atoms with Gasteiger partial charge >= 0.3 is 0 Å². The van der Waals surface area contributed by atoms with Crippen LogP contribution >= 0.6 is 0 Å². The van der Waals surface area contributed by atoms with E-state index >= 15 is 0 Å². The lowest BCUT2D eigenvalue weighted by atomic mass is 10.2. The maximum atomic E-state index is 11.4. The standard InChI is InChI=1S/C8H14N4O/c1-4-5(2)9-8(13)7-10-6(3)11-12-7/h5H,4H2,1-3H3,(H,9,13)(H,10,11,12). The van der Waals surface area contributed by atoms with Crippen molar-refractivity contribution in [1.82, 2.24) is 20.5 Å². The van der Waals surface area contributed by atoms with Gasteiger partial charge in [-0.1, -0.05) is 6.92 Å². The molecular formula is C8H14N4O. The molecule has 0 bridgehead atoms. The maximum absolute atomic E-state index is 11.4. The highest BCUT2D eigenvalue weighted by Gasteiger charge is 2.12. The molecule has 2 N–H and O–H groups in total. The molecule has 0 saturated carbocycles. The quantitative estimate of drug-likeness (QED) is 0.720. The zero-order valence-corrected chi connectivity index (χ0v) is 8.09. The van der Waals surface area contributed by atoms with Crippen LogP contribution in [0, 0.1) is 6.92 Å². The highest BCUT2D eigenvalue weighted by Crippen LogP contribution is 1.93. The fourth-order valence-corrected chi connectivity index (χ4v) is 0.835. The molecule has 72 valence electrons. The Balaban J connectivity index is 2.58. The second-order valence-electron chi connectivity index (χ2n) is 3.03. The van der Waals surface area contributed by atoms with Crippen LogP contribution in [0.4, 0.5) is 0 Å². The van der Waals surface area contributed by atoms with E-state index in [1.165, 1.54) is 0 Å². The van der Waals surface area contributed by atoms with E-state index in [4.69, 9.17) is 0 Å². The lowest BCUT2D eigenvalue weighted by Crippen LogP contribution is -2.32. The number of hydrogen-bond donors (Lipinski definition) is 2. The Hall–Kier alpha value is -1.39. The summed E-state index contributed by atoms with van der Waals surface area (Å²) in [5.41, 5.74) is 0. The lowest BCUT2D eigenvalue weighted by molar-refractivity contribution is 0.0929. The number of amides is 1. The predicted molar refractivity (Wildman–Crippen MR) is 48.3 cm³/mol. The van der Waals surface area contributed by atoms with Gasteiger partial charge in [-0.25, -0.2) is 4.98 Å². The van der Waals surface area contributed by atoms with E-state index < -0.39 is 0 Å².